The lowest BCUT2D eigenvalue weighted by Crippen LogP contribution is -2.42. The van der Waals surface area contributed by atoms with Gasteiger partial charge in [-0.05, 0) is 23.3 Å². The fraction of sp³-hybridized carbons (Fsp3) is 0.391. The molecule has 2 aliphatic rings. The number of halogens is 3. The lowest BCUT2D eigenvalue weighted by molar-refractivity contribution is -0.0411. The summed E-state index contributed by atoms with van der Waals surface area (Å²) < 4.78 is 57.7. The molecule has 0 radical (unpaired) electrons. The fourth-order valence-corrected chi connectivity index (χ4v) is 5.40. The van der Waals surface area contributed by atoms with E-state index in [-0.39, 0.29) is 24.8 Å². The van der Waals surface area contributed by atoms with Crippen molar-refractivity contribution < 1.29 is 17.2 Å². The molecule has 0 bridgehead atoms. The molecule has 2 aromatic rings. The molecule has 0 aliphatic carbocycles. The summed E-state index contributed by atoms with van der Waals surface area (Å²) in [5, 5.41) is 6.96. The van der Waals surface area contributed by atoms with Crippen molar-refractivity contribution in [3.8, 4) is 0 Å². The molecule has 0 aromatic heterocycles. The van der Waals surface area contributed by atoms with E-state index in [4.69, 9.17) is 16.7 Å². The first-order valence-corrected chi connectivity index (χ1v) is 12.6. The van der Waals surface area contributed by atoms with Gasteiger partial charge in [-0.3, -0.25) is 0 Å². The Bertz CT molecular complexity index is 1140. The molecule has 33 heavy (non-hydrogen) atoms. The van der Waals surface area contributed by atoms with Crippen molar-refractivity contribution in [2.75, 3.05) is 19.6 Å². The van der Waals surface area contributed by atoms with E-state index in [1.165, 1.54) is 0 Å². The first kappa shape index (κ1) is 23.8. The van der Waals surface area contributed by atoms with E-state index in [1.807, 2.05) is 42.5 Å². The average molecular weight is 495 g/mol. The number of hydrazone groups is 1. The molecule has 1 fully saturated rings. The van der Waals surface area contributed by atoms with Gasteiger partial charge in [0.1, 0.15) is 5.84 Å². The van der Waals surface area contributed by atoms with Crippen LogP contribution >= 0.6 is 11.6 Å². The molecule has 2 aliphatic heterocycles. The molecule has 0 saturated carbocycles. The zero-order valence-electron chi connectivity index (χ0n) is 18.2. The number of amidine groups is 1. The van der Waals surface area contributed by atoms with Gasteiger partial charge in [0.15, 0.2) is 0 Å². The van der Waals surface area contributed by atoms with Gasteiger partial charge in [0.05, 0.1) is 12.3 Å². The maximum Gasteiger partial charge on any atom is 0.324 e. The van der Waals surface area contributed by atoms with Crippen molar-refractivity contribution in [1.29, 1.82) is 0 Å². The Morgan fingerprint density at radius 2 is 1.76 bits per heavy atom. The number of alkyl halides is 2. The van der Waals surface area contributed by atoms with Crippen molar-refractivity contribution in [3.05, 3.63) is 70.7 Å². The van der Waals surface area contributed by atoms with E-state index < -0.39 is 29.0 Å². The Labute approximate surface area is 197 Å². The number of hydrogen-bond donors (Lipinski definition) is 0. The highest BCUT2D eigenvalue weighted by atomic mass is 35.5. The average Bonchev–Trinajstić information content (AvgIpc) is 3.23. The van der Waals surface area contributed by atoms with Crippen LogP contribution in [0, 0.1) is 0 Å². The van der Waals surface area contributed by atoms with Gasteiger partial charge in [-0.25, -0.2) is 13.8 Å². The zero-order chi connectivity index (χ0) is 23.6. The molecule has 4 rings (SSSR count). The maximum absolute atomic E-state index is 13.5. The number of nitrogens with zero attached hydrogens (tertiary/aromatic N) is 4. The molecule has 6 nitrogen and oxygen atoms in total. The largest absolute Gasteiger partial charge is 0.324 e. The van der Waals surface area contributed by atoms with Gasteiger partial charge in [-0.1, -0.05) is 61.0 Å². The van der Waals surface area contributed by atoms with Gasteiger partial charge in [0, 0.05) is 43.3 Å². The lowest BCUT2D eigenvalue weighted by atomic mass is 9.91. The Hall–Kier alpha value is -2.36. The summed E-state index contributed by atoms with van der Waals surface area (Å²) >= 11 is 6.05. The van der Waals surface area contributed by atoms with Crippen LogP contribution in [-0.4, -0.2) is 54.8 Å². The van der Waals surface area contributed by atoms with Crippen LogP contribution in [0.1, 0.15) is 43.2 Å². The summed E-state index contributed by atoms with van der Waals surface area (Å²) in [4.78, 5) is 0. The van der Waals surface area contributed by atoms with Gasteiger partial charge >= 0.3 is 10.2 Å². The van der Waals surface area contributed by atoms with Crippen LogP contribution < -0.4 is 0 Å². The molecular formula is C23H25ClF2N4O2S. The van der Waals surface area contributed by atoms with Crippen molar-refractivity contribution in [3.63, 3.8) is 0 Å². The summed E-state index contributed by atoms with van der Waals surface area (Å²) in [7, 11) is -4.09. The smallest absolute Gasteiger partial charge is 0.249 e. The van der Waals surface area contributed by atoms with Gasteiger partial charge in [-0.15, -0.1) is 4.40 Å². The standard InChI is InChI=1S/C23H25ClF2N4O2S/c1-2-21(28-33(31,32)29-14-12-23(25,26)13-15-29)30-16-20(17-6-4-3-5-7-17)22(27-30)18-8-10-19(24)11-9-18/h3-11,20H,2,12-16H2,1H3/b28-21-. The summed E-state index contributed by atoms with van der Waals surface area (Å²) in [6.45, 7) is 1.72. The third-order valence-electron chi connectivity index (χ3n) is 5.87. The van der Waals surface area contributed by atoms with E-state index in [1.54, 1.807) is 24.1 Å². The maximum atomic E-state index is 13.5. The predicted molar refractivity (Wildman–Crippen MR) is 126 cm³/mol. The van der Waals surface area contributed by atoms with E-state index >= 15 is 0 Å². The first-order valence-electron chi connectivity index (χ1n) is 10.8. The molecule has 10 heteroatoms. The molecule has 176 valence electrons. The molecule has 2 aromatic carbocycles. The Kier molecular flexibility index (Phi) is 6.83. The highest BCUT2D eigenvalue weighted by Gasteiger charge is 2.39. The van der Waals surface area contributed by atoms with Gasteiger partial charge in [0.2, 0.25) is 0 Å². The molecule has 1 unspecified atom stereocenters. The van der Waals surface area contributed by atoms with Crippen LogP contribution in [0.3, 0.4) is 0 Å². The second-order valence-electron chi connectivity index (χ2n) is 8.13. The minimum atomic E-state index is -4.09. The van der Waals surface area contributed by atoms with Crippen molar-refractivity contribution in [1.82, 2.24) is 9.31 Å². The van der Waals surface area contributed by atoms with Gasteiger partial charge < -0.3 is 0 Å². The minimum absolute atomic E-state index is 0.0968. The monoisotopic (exact) mass is 494 g/mol. The zero-order valence-corrected chi connectivity index (χ0v) is 19.7. The molecular weight excluding hydrogens is 470 g/mol. The highest BCUT2D eigenvalue weighted by molar-refractivity contribution is 7.87. The SMILES string of the molecule is CC/C(=N/S(=O)(=O)N1CCC(F)(F)CC1)N1CC(c2ccccc2)C(c2ccc(Cl)cc2)=N1. The van der Waals surface area contributed by atoms with Crippen LogP contribution in [-0.2, 0) is 10.2 Å². The first-order chi connectivity index (χ1) is 15.7. The number of rotatable bonds is 5. The fourth-order valence-electron chi connectivity index (χ4n) is 4.02. The van der Waals surface area contributed by atoms with Gasteiger partial charge in [0.25, 0.3) is 5.92 Å². The quantitative estimate of drug-likeness (QED) is 0.437. The molecule has 0 spiro atoms. The molecule has 0 amide bonds. The van der Waals surface area contributed by atoms with E-state index in [0.29, 0.717) is 18.0 Å². The van der Waals surface area contributed by atoms with Crippen LogP contribution in [0.5, 0.6) is 0 Å². The molecule has 1 atom stereocenters. The van der Waals surface area contributed by atoms with Crippen LogP contribution in [0.25, 0.3) is 0 Å². The number of piperidine rings is 1. The Balaban J connectivity index is 1.65. The third kappa shape index (κ3) is 5.42. The van der Waals surface area contributed by atoms with Crippen molar-refractivity contribution >= 4 is 33.4 Å². The van der Waals surface area contributed by atoms with E-state index in [9.17, 15) is 17.2 Å². The second-order valence-corrected chi connectivity index (χ2v) is 10.2. The molecule has 2 heterocycles. The summed E-state index contributed by atoms with van der Waals surface area (Å²) in [5.41, 5.74) is 2.71. The number of benzene rings is 2. The van der Waals surface area contributed by atoms with Crippen LogP contribution in [0.2, 0.25) is 5.02 Å². The topological polar surface area (TPSA) is 65.3 Å². The van der Waals surface area contributed by atoms with E-state index in [2.05, 4.69) is 4.40 Å². The summed E-state index contributed by atoms with van der Waals surface area (Å²) in [6, 6.07) is 17.2. The van der Waals surface area contributed by atoms with Gasteiger partial charge in [-0.2, -0.15) is 17.8 Å². The second kappa shape index (κ2) is 9.48. The lowest BCUT2D eigenvalue weighted by Gasteiger charge is -2.29. The predicted octanol–water partition coefficient (Wildman–Crippen LogP) is 4.93. The Morgan fingerprint density at radius 3 is 2.36 bits per heavy atom. The minimum Gasteiger partial charge on any atom is -0.249 e. The summed E-state index contributed by atoms with van der Waals surface area (Å²) in [6.07, 6.45) is -0.675. The van der Waals surface area contributed by atoms with Crippen molar-refractivity contribution in [2.24, 2.45) is 9.50 Å². The third-order valence-corrected chi connectivity index (χ3v) is 7.58. The van der Waals surface area contributed by atoms with Crippen LogP contribution in [0.15, 0.2) is 64.1 Å². The Morgan fingerprint density at radius 1 is 1.12 bits per heavy atom. The van der Waals surface area contributed by atoms with E-state index in [0.717, 1.165) is 21.1 Å². The van der Waals surface area contributed by atoms with Crippen LogP contribution in [0.4, 0.5) is 8.78 Å². The number of hydrogen-bond acceptors (Lipinski definition) is 3. The normalized spacial score (nSPS) is 21.8. The molecule has 0 N–H and O–H groups in total. The van der Waals surface area contributed by atoms with Crippen molar-refractivity contribution in [2.45, 2.75) is 38.0 Å². The molecule has 1 saturated heterocycles. The highest BCUT2D eigenvalue weighted by Crippen LogP contribution is 2.31. The summed E-state index contributed by atoms with van der Waals surface area (Å²) in [5.74, 6) is -2.66.